The van der Waals surface area contributed by atoms with E-state index in [1.165, 1.54) is 7.11 Å². The molecule has 1 heterocycles. The largest absolute Gasteiger partial charge is 0.493 e. The predicted molar refractivity (Wildman–Crippen MR) is 60.3 cm³/mol. The number of carbonyl (C=O) groups excluding carboxylic acids is 1. The lowest BCUT2D eigenvalue weighted by molar-refractivity contribution is 0.0565. The quantitative estimate of drug-likeness (QED) is 0.761. The van der Waals surface area contributed by atoms with Crippen molar-refractivity contribution in [2.24, 2.45) is 0 Å². The number of hydrogen-bond donors (Lipinski definition) is 0. The lowest BCUT2D eigenvalue weighted by Gasteiger charge is -2.05. The van der Waals surface area contributed by atoms with Crippen LogP contribution in [0, 0.1) is 5.82 Å². The molecule has 1 aromatic carbocycles. The van der Waals surface area contributed by atoms with Crippen molar-refractivity contribution in [3.8, 4) is 5.75 Å². The molecule has 0 aliphatic heterocycles. The Labute approximate surface area is 101 Å². The van der Waals surface area contributed by atoms with Gasteiger partial charge in [-0.05, 0) is 6.07 Å². The zero-order valence-electron chi connectivity index (χ0n) is 9.65. The third-order valence-corrected chi connectivity index (χ3v) is 2.37. The highest BCUT2D eigenvalue weighted by Crippen LogP contribution is 2.25. The van der Waals surface area contributed by atoms with Gasteiger partial charge in [0.25, 0.3) is 0 Å². The first kappa shape index (κ1) is 12.1. The number of esters is 1. The summed E-state index contributed by atoms with van der Waals surface area (Å²) in [7, 11) is 2.47. The van der Waals surface area contributed by atoms with Gasteiger partial charge < -0.3 is 13.9 Å². The highest BCUT2D eigenvalue weighted by atomic mass is 19.1. The number of methoxy groups -OCH3 is 2. The molecule has 0 fully saturated rings. The molecule has 5 nitrogen and oxygen atoms in total. The fraction of sp³-hybridized carbons (Fsp3) is 0.167. The number of benzene rings is 1. The molecule has 0 aliphatic rings. The molecule has 0 N–H and O–H groups in total. The molecule has 0 atom stereocenters. The molecule has 0 saturated heterocycles. The van der Waals surface area contributed by atoms with E-state index in [2.05, 4.69) is 4.74 Å². The van der Waals surface area contributed by atoms with Crippen molar-refractivity contribution in [3.05, 3.63) is 40.0 Å². The molecule has 0 aliphatic carbocycles. The van der Waals surface area contributed by atoms with Gasteiger partial charge in [-0.1, -0.05) is 0 Å². The Morgan fingerprint density at radius 1 is 1.28 bits per heavy atom. The first-order chi connectivity index (χ1) is 8.56. The van der Waals surface area contributed by atoms with E-state index < -0.39 is 17.2 Å². The third kappa shape index (κ3) is 1.92. The van der Waals surface area contributed by atoms with Crippen molar-refractivity contribution in [2.45, 2.75) is 0 Å². The Balaban J connectivity index is 2.83. The number of ether oxygens (including phenoxy) is 2. The highest BCUT2D eigenvalue weighted by Gasteiger charge is 2.16. The first-order valence-corrected chi connectivity index (χ1v) is 4.96. The fourth-order valence-electron chi connectivity index (χ4n) is 1.55. The monoisotopic (exact) mass is 252 g/mol. The smallest absolute Gasteiger partial charge is 0.374 e. The van der Waals surface area contributed by atoms with Crippen LogP contribution in [0.3, 0.4) is 0 Å². The fourth-order valence-corrected chi connectivity index (χ4v) is 1.55. The molecule has 94 valence electrons. The molecule has 0 bridgehead atoms. The lowest BCUT2D eigenvalue weighted by atomic mass is 10.2. The van der Waals surface area contributed by atoms with E-state index in [0.717, 1.165) is 25.3 Å². The van der Waals surface area contributed by atoms with Crippen molar-refractivity contribution in [3.63, 3.8) is 0 Å². The summed E-state index contributed by atoms with van der Waals surface area (Å²) in [6, 6.07) is 3.03. The summed E-state index contributed by atoms with van der Waals surface area (Å²) in [5.74, 6) is -1.65. The summed E-state index contributed by atoms with van der Waals surface area (Å²) in [5, 5.41) is -0.000460. The third-order valence-electron chi connectivity index (χ3n) is 2.37. The summed E-state index contributed by atoms with van der Waals surface area (Å²) >= 11 is 0. The molecule has 0 saturated carbocycles. The SMILES string of the molecule is COC(=O)c1cc(=O)c2cc(F)cc(OC)c2o1. The standard InChI is InChI=1S/C12H9FO5/c1-16-9-4-6(13)3-7-8(14)5-10(12(15)17-2)18-11(7)9/h3-5H,1-2H3. The Hall–Kier alpha value is -2.37. The van der Waals surface area contributed by atoms with Gasteiger partial charge in [0.05, 0.1) is 19.6 Å². The lowest BCUT2D eigenvalue weighted by Crippen LogP contribution is -2.09. The zero-order valence-corrected chi connectivity index (χ0v) is 9.65. The molecule has 2 rings (SSSR count). The molecule has 0 amide bonds. The molecule has 0 unspecified atom stereocenters. The van der Waals surface area contributed by atoms with Gasteiger partial charge in [0.1, 0.15) is 5.82 Å². The van der Waals surface area contributed by atoms with Crippen LogP contribution in [0.2, 0.25) is 0 Å². The number of rotatable bonds is 2. The summed E-state index contributed by atoms with van der Waals surface area (Å²) in [4.78, 5) is 23.1. The Bertz CT molecular complexity index is 674. The maximum Gasteiger partial charge on any atom is 0.374 e. The average Bonchev–Trinajstić information content (AvgIpc) is 2.37. The number of halogens is 1. The van der Waals surface area contributed by atoms with Crippen LogP contribution < -0.4 is 10.2 Å². The molecule has 0 spiro atoms. The van der Waals surface area contributed by atoms with Crippen LogP contribution in [0.15, 0.2) is 27.4 Å². The highest BCUT2D eigenvalue weighted by molar-refractivity contribution is 5.90. The van der Waals surface area contributed by atoms with E-state index in [4.69, 9.17) is 9.15 Å². The molecule has 2 aromatic rings. The van der Waals surface area contributed by atoms with Gasteiger partial charge in [-0.3, -0.25) is 4.79 Å². The topological polar surface area (TPSA) is 65.7 Å². The van der Waals surface area contributed by atoms with E-state index in [0.29, 0.717) is 0 Å². The van der Waals surface area contributed by atoms with Gasteiger partial charge in [-0.15, -0.1) is 0 Å². The van der Waals surface area contributed by atoms with E-state index in [1.807, 2.05) is 0 Å². The van der Waals surface area contributed by atoms with Crippen LogP contribution in [-0.2, 0) is 4.74 Å². The molecule has 6 heteroatoms. The Morgan fingerprint density at radius 3 is 2.61 bits per heavy atom. The Kier molecular flexibility index (Phi) is 3.01. The average molecular weight is 252 g/mol. The summed E-state index contributed by atoms with van der Waals surface area (Å²) in [6.07, 6.45) is 0. The Morgan fingerprint density at radius 2 is 2.00 bits per heavy atom. The van der Waals surface area contributed by atoms with Crippen LogP contribution in [0.5, 0.6) is 5.75 Å². The van der Waals surface area contributed by atoms with E-state index in [9.17, 15) is 14.0 Å². The van der Waals surface area contributed by atoms with Crippen LogP contribution in [0.1, 0.15) is 10.6 Å². The van der Waals surface area contributed by atoms with Crippen LogP contribution >= 0.6 is 0 Å². The van der Waals surface area contributed by atoms with Gasteiger partial charge in [0.2, 0.25) is 5.76 Å². The summed E-state index contributed by atoms with van der Waals surface area (Å²) < 4.78 is 27.8. The summed E-state index contributed by atoms with van der Waals surface area (Å²) in [5.41, 5.74) is -0.541. The first-order valence-electron chi connectivity index (χ1n) is 4.96. The number of hydrogen-bond acceptors (Lipinski definition) is 5. The van der Waals surface area contributed by atoms with Gasteiger partial charge in [0, 0.05) is 12.1 Å². The van der Waals surface area contributed by atoms with Crippen LogP contribution in [-0.4, -0.2) is 20.2 Å². The molecular formula is C12H9FO5. The van der Waals surface area contributed by atoms with E-state index >= 15 is 0 Å². The van der Waals surface area contributed by atoms with Crippen LogP contribution in [0.25, 0.3) is 11.0 Å². The molecule has 0 radical (unpaired) electrons. The minimum absolute atomic E-state index is 0.000460. The maximum absolute atomic E-state index is 13.2. The van der Waals surface area contributed by atoms with Crippen LogP contribution in [0.4, 0.5) is 4.39 Å². The second-order valence-electron chi connectivity index (χ2n) is 3.45. The van der Waals surface area contributed by atoms with Crippen molar-refractivity contribution in [1.82, 2.24) is 0 Å². The van der Waals surface area contributed by atoms with Gasteiger partial charge in [-0.2, -0.15) is 0 Å². The van der Waals surface area contributed by atoms with Crippen molar-refractivity contribution < 1.29 is 23.1 Å². The van der Waals surface area contributed by atoms with Gasteiger partial charge in [-0.25, -0.2) is 9.18 Å². The molecule has 18 heavy (non-hydrogen) atoms. The zero-order chi connectivity index (χ0) is 13.3. The van der Waals surface area contributed by atoms with E-state index in [-0.39, 0.29) is 22.5 Å². The van der Waals surface area contributed by atoms with Crippen molar-refractivity contribution in [1.29, 1.82) is 0 Å². The minimum Gasteiger partial charge on any atom is -0.493 e. The van der Waals surface area contributed by atoms with Crippen molar-refractivity contribution in [2.75, 3.05) is 14.2 Å². The number of carbonyl (C=O) groups is 1. The second kappa shape index (κ2) is 4.48. The van der Waals surface area contributed by atoms with Gasteiger partial charge in [0.15, 0.2) is 16.8 Å². The summed E-state index contributed by atoms with van der Waals surface area (Å²) in [6.45, 7) is 0. The maximum atomic E-state index is 13.2. The minimum atomic E-state index is -0.791. The predicted octanol–water partition coefficient (Wildman–Crippen LogP) is 1.73. The second-order valence-corrected chi connectivity index (χ2v) is 3.45. The molecule has 1 aromatic heterocycles. The van der Waals surface area contributed by atoms with E-state index in [1.54, 1.807) is 0 Å². The van der Waals surface area contributed by atoms with Crippen molar-refractivity contribution >= 4 is 16.9 Å². The number of fused-ring (bicyclic) bond motifs is 1. The molecular weight excluding hydrogens is 243 g/mol. The van der Waals surface area contributed by atoms with Gasteiger partial charge >= 0.3 is 5.97 Å². The normalized spacial score (nSPS) is 10.4.